The van der Waals surface area contributed by atoms with Crippen LogP contribution in [0.15, 0.2) is 48.6 Å². The number of nitrogens with zero attached hydrogens (tertiary/aromatic N) is 2. The summed E-state index contributed by atoms with van der Waals surface area (Å²) < 4.78 is 17.3. The molecule has 2 aliphatic carbocycles. The van der Waals surface area contributed by atoms with Crippen molar-refractivity contribution in [1.29, 1.82) is 0 Å². The van der Waals surface area contributed by atoms with Gasteiger partial charge in [-0.25, -0.2) is 0 Å². The first kappa shape index (κ1) is 32.6. The average molecular weight is 589 g/mol. The summed E-state index contributed by atoms with van der Waals surface area (Å²) in [7, 11) is 8.28. The van der Waals surface area contributed by atoms with Crippen LogP contribution >= 0.6 is 0 Å². The monoisotopic (exact) mass is 588 g/mol. The summed E-state index contributed by atoms with van der Waals surface area (Å²) in [6, 6.07) is 12.0. The zero-order valence-electron chi connectivity index (χ0n) is 26.5. The first-order valence-electron chi connectivity index (χ1n) is 15.7. The molecule has 7 nitrogen and oxygen atoms in total. The first-order chi connectivity index (χ1) is 20.8. The van der Waals surface area contributed by atoms with Crippen LogP contribution in [0.5, 0.6) is 11.5 Å². The molecule has 0 atom stereocenters. The molecule has 0 saturated heterocycles. The Morgan fingerprint density at radius 1 is 0.674 bits per heavy atom. The van der Waals surface area contributed by atoms with E-state index in [4.69, 9.17) is 14.2 Å². The van der Waals surface area contributed by atoms with E-state index in [1.807, 2.05) is 24.3 Å². The summed E-state index contributed by atoms with van der Waals surface area (Å²) in [6.07, 6.45) is 12.8. The van der Waals surface area contributed by atoms with E-state index in [-0.39, 0.29) is 38.0 Å². The lowest BCUT2D eigenvalue weighted by molar-refractivity contribution is -0.136. The van der Waals surface area contributed by atoms with Gasteiger partial charge in [-0.15, -0.1) is 0 Å². The summed E-state index contributed by atoms with van der Waals surface area (Å²) in [5, 5.41) is 0. The lowest BCUT2D eigenvalue weighted by Gasteiger charge is -2.18. The number of aryl methyl sites for hydroxylation is 2. The molecule has 4 rings (SSSR count). The van der Waals surface area contributed by atoms with Crippen molar-refractivity contribution < 1.29 is 23.8 Å². The zero-order valence-corrected chi connectivity index (χ0v) is 26.5. The van der Waals surface area contributed by atoms with Gasteiger partial charge in [-0.3, -0.25) is 9.59 Å². The van der Waals surface area contributed by atoms with Gasteiger partial charge in [0.05, 0.1) is 26.1 Å². The predicted molar refractivity (Wildman–Crippen MR) is 172 cm³/mol. The van der Waals surface area contributed by atoms with Gasteiger partial charge < -0.3 is 24.0 Å². The van der Waals surface area contributed by atoms with Crippen molar-refractivity contribution in [3.8, 4) is 11.5 Å². The lowest BCUT2D eigenvalue weighted by Crippen LogP contribution is -2.16. The van der Waals surface area contributed by atoms with Crippen LogP contribution in [0.3, 0.4) is 0 Å². The average Bonchev–Trinajstić information content (AvgIpc) is 3.32. The van der Waals surface area contributed by atoms with E-state index in [2.05, 4.69) is 62.3 Å². The Balaban J connectivity index is 1.26. The summed E-state index contributed by atoms with van der Waals surface area (Å²) in [6.45, 7) is 2.24. The van der Waals surface area contributed by atoms with Crippen LogP contribution in [0.2, 0.25) is 0 Å². The molecule has 0 heterocycles. The van der Waals surface area contributed by atoms with Gasteiger partial charge in [0.25, 0.3) is 0 Å². The molecule has 7 heteroatoms. The van der Waals surface area contributed by atoms with E-state index in [0.29, 0.717) is 11.5 Å². The van der Waals surface area contributed by atoms with E-state index in [0.717, 1.165) is 75.6 Å². The third-order valence-corrected chi connectivity index (χ3v) is 7.95. The van der Waals surface area contributed by atoms with Crippen molar-refractivity contribution in [2.75, 3.05) is 54.5 Å². The van der Waals surface area contributed by atoms with Gasteiger partial charge in [0.1, 0.15) is 11.5 Å². The number of esters is 2. The Labute approximate surface area is 257 Å². The van der Waals surface area contributed by atoms with E-state index in [9.17, 15) is 9.59 Å². The fourth-order valence-corrected chi connectivity index (χ4v) is 5.71. The molecule has 0 bridgehead atoms. The molecule has 43 heavy (non-hydrogen) atoms. The first-order valence-corrected chi connectivity index (χ1v) is 15.7. The topological polar surface area (TPSA) is 68.3 Å². The van der Waals surface area contributed by atoms with Gasteiger partial charge in [-0.1, -0.05) is 36.4 Å². The predicted octanol–water partition coefficient (Wildman–Crippen LogP) is 6.34. The number of rotatable bonds is 14. The van der Waals surface area contributed by atoms with Crippen molar-refractivity contribution in [1.82, 2.24) is 9.80 Å². The maximum atomic E-state index is 12.8. The highest BCUT2D eigenvalue weighted by molar-refractivity contribution is 5.80. The van der Waals surface area contributed by atoms with E-state index in [1.165, 1.54) is 22.3 Å². The number of benzene rings is 2. The lowest BCUT2D eigenvalue weighted by atomic mass is 9.96. The second-order valence-electron chi connectivity index (χ2n) is 12.0. The van der Waals surface area contributed by atoms with E-state index in [1.54, 1.807) is 0 Å². The smallest absolute Gasteiger partial charge is 0.313 e. The van der Waals surface area contributed by atoms with Crippen LogP contribution in [-0.2, 0) is 27.2 Å². The molecule has 0 N–H and O–H groups in total. The Morgan fingerprint density at radius 2 is 1.12 bits per heavy atom. The third-order valence-electron chi connectivity index (χ3n) is 7.95. The minimum atomic E-state index is -0.337. The maximum absolute atomic E-state index is 12.8. The van der Waals surface area contributed by atoms with Crippen LogP contribution in [0, 0.1) is 0 Å². The molecule has 0 unspecified atom stereocenters. The number of allylic oxidation sites excluding steroid dienone is 2. The largest absolute Gasteiger partial charge is 0.426 e. The van der Waals surface area contributed by atoms with Crippen LogP contribution in [0.25, 0.3) is 11.1 Å². The fraction of sp³-hybridized carbons (Fsp3) is 0.500. The zero-order chi connectivity index (χ0) is 30.6. The van der Waals surface area contributed by atoms with Crippen LogP contribution in [-0.4, -0.2) is 76.2 Å². The van der Waals surface area contributed by atoms with Crippen LogP contribution in [0.1, 0.15) is 73.6 Å². The summed E-state index contributed by atoms with van der Waals surface area (Å²) >= 11 is 0. The van der Waals surface area contributed by atoms with Crippen molar-refractivity contribution in [3.05, 3.63) is 70.8 Å². The molecule has 2 aliphatic rings. The Hall–Kier alpha value is -3.26. The molecule has 0 aromatic heterocycles. The Kier molecular flexibility index (Phi) is 12.6. The summed E-state index contributed by atoms with van der Waals surface area (Å²) in [5.74, 6) is 0.574. The van der Waals surface area contributed by atoms with Gasteiger partial charge in [-0.05, 0) is 114 Å². The highest BCUT2D eigenvalue weighted by Gasteiger charge is 2.20. The number of fused-ring (bicyclic) bond motifs is 2. The molecule has 0 saturated carbocycles. The Morgan fingerprint density at radius 3 is 1.53 bits per heavy atom. The normalized spacial score (nSPS) is 14.7. The third kappa shape index (κ3) is 9.88. The molecule has 0 amide bonds. The SMILES string of the molecule is CN(C)CCC1=CCCCc2cccc(OC(=O)CCOCCC(=O)Oc3cccc4c3C(CCN(C)C)=CCCC4)c21. The van der Waals surface area contributed by atoms with Crippen molar-refractivity contribution in [3.63, 3.8) is 0 Å². The van der Waals surface area contributed by atoms with Crippen molar-refractivity contribution >= 4 is 23.1 Å². The number of carbonyl (C=O) groups excluding carboxylic acids is 2. The van der Waals surface area contributed by atoms with E-state index < -0.39 is 0 Å². The molecule has 0 aliphatic heterocycles. The van der Waals surface area contributed by atoms with Crippen LogP contribution in [0.4, 0.5) is 0 Å². The van der Waals surface area contributed by atoms with Gasteiger partial charge in [-0.2, -0.15) is 0 Å². The number of carbonyl (C=O) groups is 2. The number of ether oxygens (including phenoxy) is 3. The molecule has 0 fully saturated rings. The number of hydrogen-bond donors (Lipinski definition) is 0. The number of hydrogen-bond acceptors (Lipinski definition) is 7. The molecule has 2 aromatic rings. The molecule has 0 radical (unpaired) electrons. The maximum Gasteiger partial charge on any atom is 0.313 e. The quantitative estimate of drug-likeness (QED) is 0.145. The molecule has 0 spiro atoms. The van der Waals surface area contributed by atoms with Crippen LogP contribution < -0.4 is 9.47 Å². The van der Waals surface area contributed by atoms with Gasteiger partial charge in [0.15, 0.2) is 0 Å². The summed E-state index contributed by atoms with van der Waals surface area (Å²) in [5.41, 5.74) is 7.09. The standard InChI is InChI=1S/C36H48N2O5/c1-37(2)23-19-29-13-7-5-11-27-15-9-17-31(35(27)29)42-33(39)21-25-41-26-22-34(40)43-32-18-10-16-28-12-6-8-14-30(36(28)32)20-24-38(3)4/h9-10,13-18H,5-8,11-12,19-26H2,1-4H3. The van der Waals surface area contributed by atoms with Gasteiger partial charge >= 0.3 is 11.9 Å². The van der Waals surface area contributed by atoms with Gasteiger partial charge in [0, 0.05) is 24.2 Å². The summed E-state index contributed by atoms with van der Waals surface area (Å²) in [4.78, 5) is 29.9. The van der Waals surface area contributed by atoms with Crippen molar-refractivity contribution in [2.24, 2.45) is 0 Å². The molecule has 2 aromatic carbocycles. The second-order valence-corrected chi connectivity index (χ2v) is 12.0. The molecular formula is C36H48N2O5. The Bertz CT molecular complexity index is 1210. The minimum Gasteiger partial charge on any atom is -0.426 e. The van der Waals surface area contributed by atoms with Gasteiger partial charge in [0.2, 0.25) is 0 Å². The van der Waals surface area contributed by atoms with E-state index >= 15 is 0 Å². The second kappa shape index (κ2) is 16.6. The molecular weight excluding hydrogens is 540 g/mol. The highest BCUT2D eigenvalue weighted by Crippen LogP contribution is 2.37. The molecule has 232 valence electrons. The fourth-order valence-electron chi connectivity index (χ4n) is 5.71. The van der Waals surface area contributed by atoms with Crippen molar-refractivity contribution in [2.45, 2.75) is 64.2 Å². The highest BCUT2D eigenvalue weighted by atomic mass is 16.5. The minimum absolute atomic E-state index is 0.113.